The van der Waals surface area contributed by atoms with Crippen molar-refractivity contribution >= 4 is 11.0 Å². The maximum Gasteiger partial charge on any atom is 0.129 e. The zero-order chi connectivity index (χ0) is 13.2. The molecule has 1 unspecified atom stereocenters. The van der Waals surface area contributed by atoms with Gasteiger partial charge in [-0.2, -0.15) is 0 Å². The fraction of sp³-hybridized carbons (Fsp3) is 0.500. The second kappa shape index (κ2) is 5.27. The molecule has 0 spiro atoms. The normalized spacial score (nSPS) is 20.0. The molecule has 1 atom stereocenters. The predicted molar refractivity (Wildman–Crippen MR) is 71.5 cm³/mol. The van der Waals surface area contributed by atoms with Crippen LogP contribution in [0, 0.1) is 5.82 Å². The second-order valence-electron chi connectivity index (χ2n) is 4.84. The monoisotopic (exact) mass is 263 g/mol. The van der Waals surface area contributed by atoms with Crippen LogP contribution in [-0.2, 0) is 11.3 Å². The predicted octanol–water partition coefficient (Wildman–Crippen LogP) is 2.25. The summed E-state index contributed by atoms with van der Waals surface area (Å²) in [4.78, 5) is 4.60. The van der Waals surface area contributed by atoms with Gasteiger partial charge in [-0.05, 0) is 18.6 Å². The quantitative estimate of drug-likeness (QED) is 0.923. The Morgan fingerprint density at radius 3 is 3.16 bits per heavy atom. The first-order valence-corrected chi connectivity index (χ1v) is 6.76. The summed E-state index contributed by atoms with van der Waals surface area (Å²) < 4.78 is 21.0. The van der Waals surface area contributed by atoms with Gasteiger partial charge in [0.1, 0.15) is 11.6 Å². The Bertz CT molecular complexity index is 575. The molecule has 1 saturated heterocycles. The van der Waals surface area contributed by atoms with Crippen molar-refractivity contribution in [3.8, 4) is 0 Å². The average Bonchev–Trinajstić information content (AvgIpc) is 2.78. The molecule has 3 rings (SSSR count). The minimum absolute atomic E-state index is 0.0933. The van der Waals surface area contributed by atoms with E-state index in [1.54, 1.807) is 6.07 Å². The van der Waals surface area contributed by atoms with Gasteiger partial charge in [0.15, 0.2) is 0 Å². The summed E-state index contributed by atoms with van der Waals surface area (Å²) in [6.45, 7) is 5.20. The van der Waals surface area contributed by atoms with E-state index in [0.717, 1.165) is 43.0 Å². The average molecular weight is 263 g/mol. The number of aryl methyl sites for hydroxylation is 1. The van der Waals surface area contributed by atoms with Crippen molar-refractivity contribution in [2.24, 2.45) is 0 Å². The largest absolute Gasteiger partial charge is 0.378 e. The van der Waals surface area contributed by atoms with Crippen molar-refractivity contribution in [1.29, 1.82) is 0 Å². The number of morpholine rings is 1. The molecular weight excluding hydrogens is 245 g/mol. The number of fused-ring (bicyclic) bond motifs is 1. The topological polar surface area (TPSA) is 39.1 Å². The molecule has 0 bridgehead atoms. The van der Waals surface area contributed by atoms with Crippen LogP contribution in [0.1, 0.15) is 25.2 Å². The summed E-state index contributed by atoms with van der Waals surface area (Å²) in [6.07, 6.45) is 1.02. The fourth-order valence-electron chi connectivity index (χ4n) is 2.58. The lowest BCUT2D eigenvalue weighted by Gasteiger charge is -2.24. The summed E-state index contributed by atoms with van der Waals surface area (Å²) in [5, 5.41) is 3.41. The Kier molecular flexibility index (Phi) is 3.48. The smallest absolute Gasteiger partial charge is 0.129 e. The lowest BCUT2D eigenvalue weighted by Crippen LogP contribution is -2.36. The van der Waals surface area contributed by atoms with Crippen LogP contribution in [0.25, 0.3) is 11.0 Å². The minimum atomic E-state index is -0.243. The number of halogens is 1. The molecule has 2 aromatic rings. The van der Waals surface area contributed by atoms with Crippen LogP contribution in [0.5, 0.6) is 0 Å². The minimum Gasteiger partial charge on any atom is -0.378 e. The number of imidazole rings is 1. The van der Waals surface area contributed by atoms with Crippen LogP contribution in [-0.4, -0.2) is 29.3 Å². The summed E-state index contributed by atoms with van der Waals surface area (Å²) in [5.74, 6) is 0.704. The van der Waals surface area contributed by atoms with Crippen LogP contribution in [0.15, 0.2) is 18.2 Å². The fourth-order valence-corrected chi connectivity index (χ4v) is 2.58. The first-order valence-electron chi connectivity index (χ1n) is 6.76. The molecule has 1 fully saturated rings. The lowest BCUT2D eigenvalue weighted by molar-refractivity contribution is 0.0732. The first-order chi connectivity index (χ1) is 9.29. The number of aromatic nitrogens is 2. The molecule has 0 saturated carbocycles. The number of benzene rings is 1. The van der Waals surface area contributed by atoms with Gasteiger partial charge in [-0.3, -0.25) is 0 Å². The second-order valence-corrected chi connectivity index (χ2v) is 4.84. The van der Waals surface area contributed by atoms with Gasteiger partial charge in [0.05, 0.1) is 30.3 Å². The van der Waals surface area contributed by atoms with Crippen molar-refractivity contribution < 1.29 is 9.13 Å². The molecule has 2 heterocycles. The van der Waals surface area contributed by atoms with E-state index in [4.69, 9.17) is 4.74 Å². The van der Waals surface area contributed by atoms with E-state index in [2.05, 4.69) is 21.8 Å². The van der Waals surface area contributed by atoms with Crippen molar-refractivity contribution in [2.75, 3.05) is 19.8 Å². The molecule has 1 aromatic heterocycles. The number of rotatable bonds is 3. The number of nitrogens with one attached hydrogen (secondary N) is 1. The molecule has 0 radical (unpaired) electrons. The maximum atomic E-state index is 13.3. The Morgan fingerprint density at radius 2 is 2.42 bits per heavy atom. The van der Waals surface area contributed by atoms with Gasteiger partial charge in [0, 0.05) is 19.2 Å². The first kappa shape index (κ1) is 12.6. The highest BCUT2D eigenvalue weighted by Crippen LogP contribution is 2.23. The highest BCUT2D eigenvalue weighted by Gasteiger charge is 2.22. The summed E-state index contributed by atoms with van der Waals surface area (Å²) >= 11 is 0. The molecule has 19 heavy (non-hydrogen) atoms. The van der Waals surface area contributed by atoms with Gasteiger partial charge >= 0.3 is 0 Å². The molecule has 1 aliphatic heterocycles. The van der Waals surface area contributed by atoms with E-state index in [1.807, 2.05) is 0 Å². The van der Waals surface area contributed by atoms with Gasteiger partial charge in [-0.25, -0.2) is 9.37 Å². The zero-order valence-corrected chi connectivity index (χ0v) is 11.0. The molecular formula is C14H18FN3O. The maximum absolute atomic E-state index is 13.3. The highest BCUT2D eigenvalue weighted by molar-refractivity contribution is 5.76. The third kappa shape index (κ3) is 2.35. The van der Waals surface area contributed by atoms with Gasteiger partial charge in [-0.1, -0.05) is 6.92 Å². The van der Waals surface area contributed by atoms with E-state index in [1.165, 1.54) is 12.1 Å². The SMILES string of the molecule is CCCn1c(C2COCCN2)nc2cc(F)ccc21. The van der Waals surface area contributed by atoms with E-state index in [9.17, 15) is 4.39 Å². The molecule has 0 aliphatic carbocycles. The van der Waals surface area contributed by atoms with Gasteiger partial charge < -0.3 is 14.6 Å². The van der Waals surface area contributed by atoms with E-state index < -0.39 is 0 Å². The molecule has 1 aliphatic rings. The Hall–Kier alpha value is -1.46. The van der Waals surface area contributed by atoms with E-state index >= 15 is 0 Å². The molecule has 1 N–H and O–H groups in total. The van der Waals surface area contributed by atoms with E-state index in [0.29, 0.717) is 6.61 Å². The number of hydrogen-bond donors (Lipinski definition) is 1. The van der Waals surface area contributed by atoms with Gasteiger partial charge in [-0.15, -0.1) is 0 Å². The van der Waals surface area contributed by atoms with Gasteiger partial charge in [0.2, 0.25) is 0 Å². The van der Waals surface area contributed by atoms with Crippen molar-refractivity contribution in [3.05, 3.63) is 29.8 Å². The molecule has 102 valence electrons. The number of nitrogens with zero attached hydrogens (tertiary/aromatic N) is 2. The Morgan fingerprint density at radius 1 is 1.53 bits per heavy atom. The van der Waals surface area contributed by atoms with Crippen LogP contribution in [0.2, 0.25) is 0 Å². The van der Waals surface area contributed by atoms with Crippen molar-refractivity contribution in [3.63, 3.8) is 0 Å². The van der Waals surface area contributed by atoms with E-state index in [-0.39, 0.29) is 11.9 Å². The summed E-state index contributed by atoms with van der Waals surface area (Å²) in [5.41, 5.74) is 1.71. The van der Waals surface area contributed by atoms with Crippen molar-refractivity contribution in [1.82, 2.24) is 14.9 Å². The highest BCUT2D eigenvalue weighted by atomic mass is 19.1. The zero-order valence-electron chi connectivity index (χ0n) is 11.0. The van der Waals surface area contributed by atoms with Crippen LogP contribution in [0.3, 0.4) is 0 Å². The molecule has 0 amide bonds. The summed E-state index contributed by atoms with van der Waals surface area (Å²) in [7, 11) is 0. The number of ether oxygens (including phenoxy) is 1. The Balaban J connectivity index is 2.08. The Labute approximate surface area is 111 Å². The third-order valence-electron chi connectivity index (χ3n) is 3.42. The summed E-state index contributed by atoms with van der Waals surface area (Å²) in [6, 6.07) is 4.88. The van der Waals surface area contributed by atoms with Crippen molar-refractivity contribution in [2.45, 2.75) is 25.9 Å². The molecule has 4 nitrogen and oxygen atoms in total. The van der Waals surface area contributed by atoms with Gasteiger partial charge in [0.25, 0.3) is 0 Å². The van der Waals surface area contributed by atoms with Crippen LogP contribution < -0.4 is 5.32 Å². The standard InChI is InChI=1S/C14H18FN3O/c1-2-6-18-13-4-3-10(15)8-11(13)17-14(18)12-9-19-7-5-16-12/h3-4,8,12,16H,2,5-7,9H2,1H3. The molecule has 1 aromatic carbocycles. The molecule has 5 heteroatoms. The number of hydrogen-bond acceptors (Lipinski definition) is 3. The third-order valence-corrected chi connectivity index (χ3v) is 3.42. The lowest BCUT2D eigenvalue weighted by atomic mass is 10.2. The van der Waals surface area contributed by atoms with Crippen LogP contribution >= 0.6 is 0 Å². The van der Waals surface area contributed by atoms with Crippen LogP contribution in [0.4, 0.5) is 4.39 Å².